The van der Waals surface area contributed by atoms with Gasteiger partial charge >= 0.3 is 6.01 Å². The van der Waals surface area contributed by atoms with Crippen molar-refractivity contribution >= 4 is 21.7 Å². The molecule has 2 aromatic heterocycles. The van der Waals surface area contributed by atoms with Crippen LogP contribution in [0, 0.1) is 12.8 Å². The van der Waals surface area contributed by atoms with Crippen LogP contribution in [0.1, 0.15) is 18.5 Å². The highest BCUT2D eigenvalue weighted by molar-refractivity contribution is 9.10. The van der Waals surface area contributed by atoms with Crippen LogP contribution >= 0.6 is 15.9 Å². The van der Waals surface area contributed by atoms with E-state index in [4.69, 9.17) is 4.74 Å². The first kappa shape index (κ1) is 15.1. The van der Waals surface area contributed by atoms with Crippen LogP contribution in [0.2, 0.25) is 0 Å². The molecular weight excluding hydrogens is 346 g/mol. The highest BCUT2D eigenvalue weighted by Crippen LogP contribution is 2.22. The average molecular weight is 364 g/mol. The monoisotopic (exact) mass is 363 g/mol. The van der Waals surface area contributed by atoms with Gasteiger partial charge in [-0.15, -0.1) is 0 Å². The maximum Gasteiger partial charge on any atom is 0.316 e. The normalized spacial score (nSPS) is 18.3. The third kappa shape index (κ3) is 3.91. The number of aryl methyl sites for hydroxylation is 1. The zero-order valence-electron chi connectivity index (χ0n) is 12.4. The van der Waals surface area contributed by atoms with Crippen molar-refractivity contribution in [2.75, 3.05) is 24.6 Å². The number of rotatable bonds is 4. The number of hydrogen-bond acceptors (Lipinski definition) is 6. The number of halogens is 1. The van der Waals surface area contributed by atoms with Gasteiger partial charge in [0.1, 0.15) is 12.1 Å². The van der Waals surface area contributed by atoms with Gasteiger partial charge < -0.3 is 9.64 Å². The first-order valence-corrected chi connectivity index (χ1v) is 8.14. The number of aromatic nitrogens is 4. The Bertz CT molecular complexity index is 622. The highest BCUT2D eigenvalue weighted by Gasteiger charge is 2.22. The smallest absolute Gasteiger partial charge is 0.316 e. The predicted octanol–water partition coefficient (Wildman–Crippen LogP) is 2.63. The fraction of sp³-hybridized carbons (Fsp3) is 0.467. The molecule has 1 saturated heterocycles. The first-order valence-electron chi connectivity index (χ1n) is 7.34. The number of piperidine rings is 1. The van der Waals surface area contributed by atoms with Crippen molar-refractivity contribution in [2.45, 2.75) is 19.8 Å². The fourth-order valence-electron chi connectivity index (χ4n) is 2.59. The zero-order chi connectivity index (χ0) is 15.4. The van der Waals surface area contributed by atoms with E-state index in [1.54, 1.807) is 18.7 Å². The molecule has 1 fully saturated rings. The van der Waals surface area contributed by atoms with Gasteiger partial charge in [0, 0.05) is 43.2 Å². The predicted molar refractivity (Wildman–Crippen MR) is 86.9 cm³/mol. The molecule has 3 heterocycles. The quantitative estimate of drug-likeness (QED) is 0.831. The number of hydrogen-bond donors (Lipinski definition) is 0. The zero-order valence-corrected chi connectivity index (χ0v) is 14.0. The van der Waals surface area contributed by atoms with Gasteiger partial charge in [0.15, 0.2) is 0 Å². The van der Waals surface area contributed by atoms with Gasteiger partial charge in [-0.1, -0.05) is 0 Å². The van der Waals surface area contributed by atoms with E-state index < -0.39 is 0 Å². The summed E-state index contributed by atoms with van der Waals surface area (Å²) in [6.07, 6.45) is 7.30. The van der Waals surface area contributed by atoms with Crippen LogP contribution in [0.5, 0.6) is 6.01 Å². The molecule has 1 aliphatic heterocycles. The minimum Gasteiger partial charge on any atom is -0.463 e. The standard InChI is InChI=1S/C15H18BrN5O/c1-11-5-14(20-10-19-11)21-4-2-3-12(8-21)9-22-15-17-6-13(16)7-18-15/h5-7,10,12H,2-4,8-9H2,1H3. The summed E-state index contributed by atoms with van der Waals surface area (Å²) < 4.78 is 6.56. The lowest BCUT2D eigenvalue weighted by molar-refractivity contribution is 0.213. The summed E-state index contributed by atoms with van der Waals surface area (Å²) >= 11 is 3.31. The Labute approximate surface area is 138 Å². The van der Waals surface area contributed by atoms with Gasteiger partial charge in [0.05, 0.1) is 11.1 Å². The minimum absolute atomic E-state index is 0.429. The third-order valence-corrected chi connectivity index (χ3v) is 4.09. The van der Waals surface area contributed by atoms with E-state index in [2.05, 4.69) is 40.8 Å². The Morgan fingerprint density at radius 1 is 1.27 bits per heavy atom. The van der Waals surface area contributed by atoms with Crippen LogP contribution < -0.4 is 9.64 Å². The molecule has 0 saturated carbocycles. The van der Waals surface area contributed by atoms with E-state index in [9.17, 15) is 0 Å². The van der Waals surface area contributed by atoms with E-state index in [0.717, 1.165) is 41.9 Å². The fourth-order valence-corrected chi connectivity index (χ4v) is 2.79. The number of ether oxygens (including phenoxy) is 1. The molecule has 22 heavy (non-hydrogen) atoms. The van der Waals surface area contributed by atoms with E-state index in [1.165, 1.54) is 0 Å². The number of nitrogens with zero attached hydrogens (tertiary/aromatic N) is 5. The van der Waals surface area contributed by atoms with Crippen molar-refractivity contribution in [1.29, 1.82) is 0 Å². The van der Waals surface area contributed by atoms with E-state index in [1.807, 2.05) is 13.0 Å². The molecule has 2 aromatic rings. The molecular formula is C15H18BrN5O. The van der Waals surface area contributed by atoms with Crippen molar-refractivity contribution in [3.8, 4) is 6.01 Å². The second kappa shape index (κ2) is 7.00. The molecule has 1 atom stereocenters. The maximum atomic E-state index is 5.71. The highest BCUT2D eigenvalue weighted by atomic mass is 79.9. The molecule has 1 unspecified atom stereocenters. The second-order valence-electron chi connectivity index (χ2n) is 5.47. The summed E-state index contributed by atoms with van der Waals surface area (Å²) in [4.78, 5) is 19.1. The Morgan fingerprint density at radius 3 is 2.86 bits per heavy atom. The van der Waals surface area contributed by atoms with Gasteiger partial charge in [-0.2, -0.15) is 0 Å². The third-order valence-electron chi connectivity index (χ3n) is 3.68. The van der Waals surface area contributed by atoms with Gasteiger partial charge in [-0.3, -0.25) is 0 Å². The van der Waals surface area contributed by atoms with Crippen LogP contribution in [0.3, 0.4) is 0 Å². The molecule has 1 aliphatic rings. The molecule has 6 nitrogen and oxygen atoms in total. The van der Waals surface area contributed by atoms with Crippen molar-refractivity contribution in [2.24, 2.45) is 5.92 Å². The van der Waals surface area contributed by atoms with Crippen LogP contribution in [0.15, 0.2) is 29.3 Å². The lowest BCUT2D eigenvalue weighted by Crippen LogP contribution is -2.38. The van der Waals surface area contributed by atoms with Crippen molar-refractivity contribution in [1.82, 2.24) is 19.9 Å². The van der Waals surface area contributed by atoms with E-state index in [-0.39, 0.29) is 0 Å². The Balaban J connectivity index is 1.57. The lowest BCUT2D eigenvalue weighted by Gasteiger charge is -2.33. The molecule has 7 heteroatoms. The SMILES string of the molecule is Cc1cc(N2CCCC(COc3ncc(Br)cn3)C2)ncn1. The van der Waals surface area contributed by atoms with Crippen molar-refractivity contribution in [3.63, 3.8) is 0 Å². The van der Waals surface area contributed by atoms with Crippen LogP contribution in [-0.4, -0.2) is 39.6 Å². The minimum atomic E-state index is 0.429. The largest absolute Gasteiger partial charge is 0.463 e. The average Bonchev–Trinajstić information content (AvgIpc) is 2.55. The Hall–Kier alpha value is -1.76. The van der Waals surface area contributed by atoms with Crippen LogP contribution in [0.25, 0.3) is 0 Å². The lowest BCUT2D eigenvalue weighted by atomic mass is 9.99. The maximum absolute atomic E-state index is 5.71. The molecule has 0 radical (unpaired) electrons. The van der Waals surface area contributed by atoms with Gasteiger partial charge in [0.2, 0.25) is 0 Å². The molecule has 116 valence electrons. The van der Waals surface area contributed by atoms with Crippen molar-refractivity contribution in [3.05, 3.63) is 35.0 Å². The molecule has 0 aliphatic carbocycles. The summed E-state index contributed by atoms with van der Waals surface area (Å²) in [6.45, 7) is 4.58. The first-order chi connectivity index (χ1) is 10.7. The van der Waals surface area contributed by atoms with Gasteiger partial charge in [-0.25, -0.2) is 19.9 Å². The molecule has 0 aromatic carbocycles. The molecule has 0 spiro atoms. The van der Waals surface area contributed by atoms with Crippen molar-refractivity contribution < 1.29 is 4.74 Å². The molecule has 0 N–H and O–H groups in total. The second-order valence-corrected chi connectivity index (χ2v) is 6.38. The van der Waals surface area contributed by atoms with Gasteiger partial charge in [0.25, 0.3) is 0 Å². The molecule has 3 rings (SSSR count). The summed E-state index contributed by atoms with van der Waals surface area (Å²) in [5.41, 5.74) is 0.992. The van der Waals surface area contributed by atoms with Crippen LogP contribution in [0.4, 0.5) is 5.82 Å². The Kier molecular flexibility index (Phi) is 4.82. The summed E-state index contributed by atoms with van der Waals surface area (Å²) in [5, 5.41) is 0. The molecule has 0 amide bonds. The van der Waals surface area contributed by atoms with Gasteiger partial charge in [-0.05, 0) is 35.7 Å². The number of anilines is 1. The summed E-state index contributed by atoms with van der Waals surface area (Å²) in [7, 11) is 0. The van der Waals surface area contributed by atoms with E-state index in [0.29, 0.717) is 18.5 Å². The summed E-state index contributed by atoms with van der Waals surface area (Å²) in [5.74, 6) is 1.45. The topological polar surface area (TPSA) is 64.0 Å². The Morgan fingerprint density at radius 2 is 2.09 bits per heavy atom. The summed E-state index contributed by atoms with van der Waals surface area (Å²) in [6, 6.07) is 2.46. The van der Waals surface area contributed by atoms with Crippen LogP contribution in [-0.2, 0) is 0 Å². The van der Waals surface area contributed by atoms with E-state index >= 15 is 0 Å². The molecule has 0 bridgehead atoms.